The molecule has 0 saturated heterocycles. The number of aromatic nitrogens is 3. The van der Waals surface area contributed by atoms with E-state index in [9.17, 15) is 14.2 Å². The van der Waals surface area contributed by atoms with Crippen molar-refractivity contribution in [3.05, 3.63) is 18.6 Å². The molecule has 2 aromatic heterocycles. The molecule has 1 atom stereocenters. The Morgan fingerprint density at radius 2 is 1.47 bits per heavy atom. The van der Waals surface area contributed by atoms with Crippen LogP contribution in [0.15, 0.2) is 18.6 Å². The van der Waals surface area contributed by atoms with E-state index in [0.717, 1.165) is 51.4 Å². The van der Waals surface area contributed by atoms with Crippen LogP contribution < -0.4 is 15.9 Å². The second kappa shape index (κ2) is 17.1. The van der Waals surface area contributed by atoms with Crippen LogP contribution in [-0.4, -0.2) is 63.2 Å². The number of ether oxygens (including phenoxy) is 3. The minimum Gasteiger partial charge on any atom is -0.464 e. The van der Waals surface area contributed by atoms with Gasteiger partial charge in [-0.25, -0.2) is 20.1 Å². The zero-order chi connectivity index (χ0) is 32.1. The van der Waals surface area contributed by atoms with Gasteiger partial charge in [-0.2, -0.15) is 0 Å². The highest BCUT2D eigenvalue weighted by Crippen LogP contribution is 2.42. The molecule has 0 saturated carbocycles. The van der Waals surface area contributed by atoms with E-state index in [1.807, 2.05) is 11.5 Å². The van der Waals surface area contributed by atoms with Gasteiger partial charge in [0.25, 0.3) is 0 Å². The first kappa shape index (κ1) is 36.7. The smallest absolute Gasteiger partial charge is 0.326 e. The van der Waals surface area contributed by atoms with Crippen LogP contribution in [0.1, 0.15) is 99.8 Å². The number of esters is 2. The molecule has 0 amide bonds. The molecular formula is C30H53N6O6P. The van der Waals surface area contributed by atoms with Crippen molar-refractivity contribution in [2.45, 2.75) is 124 Å². The number of rotatable bonds is 21. The molecular weight excluding hydrogens is 571 g/mol. The quantitative estimate of drug-likeness (QED) is 0.0907. The lowest BCUT2D eigenvalue weighted by molar-refractivity contribution is -0.149. The highest BCUT2D eigenvalue weighted by molar-refractivity contribution is 7.59. The fourth-order valence-corrected chi connectivity index (χ4v) is 7.15. The van der Waals surface area contributed by atoms with Gasteiger partial charge in [-0.15, -0.1) is 0 Å². The van der Waals surface area contributed by atoms with Crippen LogP contribution in [-0.2, 0) is 34.9 Å². The molecule has 0 fully saturated rings. The SMILES string of the molecule is CCCCCCOC(=O)C(C)(C)NP(=O)(CO[C@H](C)Cn1cnc2c(N)ccnc21)NC(C)(C)C(=O)OCCCCCC. The van der Waals surface area contributed by atoms with Crippen molar-refractivity contribution >= 4 is 36.2 Å². The van der Waals surface area contributed by atoms with E-state index in [4.69, 9.17) is 19.9 Å². The first-order chi connectivity index (χ1) is 20.2. The third-order valence-corrected chi connectivity index (χ3v) is 9.29. The molecule has 2 heterocycles. The maximum absolute atomic E-state index is 14.4. The number of nitrogens with two attached hydrogens (primary N) is 1. The van der Waals surface area contributed by atoms with Crippen molar-refractivity contribution in [1.82, 2.24) is 24.7 Å². The van der Waals surface area contributed by atoms with Crippen molar-refractivity contribution in [1.29, 1.82) is 0 Å². The van der Waals surface area contributed by atoms with Crippen LogP contribution in [0.25, 0.3) is 11.2 Å². The normalized spacial score (nSPS) is 13.3. The number of carbonyl (C=O) groups excluding carboxylic acids is 2. The summed E-state index contributed by atoms with van der Waals surface area (Å²) in [7, 11) is -3.75. The van der Waals surface area contributed by atoms with E-state index in [0.29, 0.717) is 23.4 Å². The average Bonchev–Trinajstić information content (AvgIpc) is 3.34. The molecule has 2 aromatic rings. The molecule has 0 aliphatic heterocycles. The van der Waals surface area contributed by atoms with Gasteiger partial charge in [0.05, 0.1) is 37.9 Å². The summed E-state index contributed by atoms with van der Waals surface area (Å²) in [5, 5.41) is 5.91. The molecule has 43 heavy (non-hydrogen) atoms. The Balaban J connectivity index is 2.15. The molecule has 0 bridgehead atoms. The Hall–Kier alpha value is -2.53. The Bertz CT molecular complexity index is 1170. The highest BCUT2D eigenvalue weighted by atomic mass is 31.2. The van der Waals surface area contributed by atoms with Gasteiger partial charge in [-0.3, -0.25) is 14.2 Å². The lowest BCUT2D eigenvalue weighted by Gasteiger charge is -2.35. The number of hydrogen-bond acceptors (Lipinski definition) is 9. The van der Waals surface area contributed by atoms with Gasteiger partial charge in [-0.1, -0.05) is 52.4 Å². The second-order valence-corrected chi connectivity index (χ2v) is 14.4. The molecule has 4 N–H and O–H groups in total. The number of imidazole rings is 1. The first-order valence-electron chi connectivity index (χ1n) is 15.4. The molecule has 0 aliphatic rings. The summed E-state index contributed by atoms with van der Waals surface area (Å²) >= 11 is 0. The summed E-state index contributed by atoms with van der Waals surface area (Å²) in [6.07, 6.45) is 10.2. The molecule has 12 nitrogen and oxygen atoms in total. The molecule has 244 valence electrons. The maximum Gasteiger partial charge on any atom is 0.326 e. The summed E-state index contributed by atoms with van der Waals surface area (Å²) in [6, 6.07) is 1.68. The number of nitrogen functional groups attached to an aromatic ring is 1. The van der Waals surface area contributed by atoms with Gasteiger partial charge < -0.3 is 24.5 Å². The van der Waals surface area contributed by atoms with Crippen molar-refractivity contribution in [3.8, 4) is 0 Å². The van der Waals surface area contributed by atoms with E-state index in [-0.39, 0.29) is 19.6 Å². The summed E-state index contributed by atoms with van der Waals surface area (Å²) in [5.41, 5.74) is 5.07. The number of unbranched alkanes of at least 4 members (excludes halogenated alkanes) is 6. The fraction of sp³-hybridized carbons (Fsp3) is 0.733. The average molecular weight is 625 g/mol. The number of anilines is 1. The van der Waals surface area contributed by atoms with Gasteiger partial charge in [0.1, 0.15) is 22.9 Å². The lowest BCUT2D eigenvalue weighted by Crippen LogP contribution is -2.54. The van der Waals surface area contributed by atoms with Gasteiger partial charge in [0.2, 0.25) is 7.44 Å². The van der Waals surface area contributed by atoms with Crippen molar-refractivity contribution in [2.75, 3.05) is 25.3 Å². The molecule has 0 radical (unpaired) electrons. The van der Waals surface area contributed by atoms with Crippen LogP contribution in [0, 0.1) is 0 Å². The molecule has 0 aliphatic carbocycles. The Morgan fingerprint density at radius 1 is 0.930 bits per heavy atom. The van der Waals surface area contributed by atoms with E-state index < -0.39 is 36.6 Å². The zero-order valence-corrected chi connectivity index (χ0v) is 28.0. The Morgan fingerprint density at radius 3 is 1.98 bits per heavy atom. The minimum atomic E-state index is -3.75. The van der Waals surface area contributed by atoms with Crippen molar-refractivity contribution < 1.29 is 28.4 Å². The molecule has 0 aromatic carbocycles. The van der Waals surface area contributed by atoms with E-state index in [1.165, 1.54) is 0 Å². The number of pyridine rings is 1. The number of nitrogens with zero attached hydrogens (tertiary/aromatic N) is 3. The van der Waals surface area contributed by atoms with Gasteiger partial charge in [0, 0.05) is 6.20 Å². The molecule has 13 heteroatoms. The third kappa shape index (κ3) is 11.8. The predicted octanol–water partition coefficient (Wildman–Crippen LogP) is 5.55. The number of fused-ring (bicyclic) bond motifs is 1. The van der Waals surface area contributed by atoms with Gasteiger partial charge >= 0.3 is 11.9 Å². The van der Waals surface area contributed by atoms with Crippen LogP contribution in [0.4, 0.5) is 5.69 Å². The molecule has 0 spiro atoms. The Labute approximate surface area is 256 Å². The molecule has 0 unspecified atom stereocenters. The predicted molar refractivity (Wildman–Crippen MR) is 170 cm³/mol. The monoisotopic (exact) mass is 624 g/mol. The van der Waals surface area contributed by atoms with Crippen LogP contribution in [0.5, 0.6) is 0 Å². The summed E-state index contributed by atoms with van der Waals surface area (Å²) in [5.74, 6) is -1.08. The standard InChI is InChI=1S/C30H53N6O6P/c1-8-10-12-14-18-40-27(37)29(4,5)34-43(39,35-30(6,7)28(38)41-19-15-13-11-9-2)22-42-23(3)20-36-21-33-25-24(31)16-17-32-26(25)36/h16-17,21,23H,8-15,18-20,22H2,1-7H3,(H2,31,32)(H2,34,35,39)/t23-/m1/s1. The van der Waals surface area contributed by atoms with Crippen molar-refractivity contribution in [2.24, 2.45) is 0 Å². The highest BCUT2D eigenvalue weighted by Gasteiger charge is 2.43. The summed E-state index contributed by atoms with van der Waals surface area (Å²) < 4.78 is 33.3. The fourth-order valence-electron chi connectivity index (χ4n) is 4.51. The minimum absolute atomic E-state index is 0.280. The van der Waals surface area contributed by atoms with E-state index >= 15 is 0 Å². The van der Waals surface area contributed by atoms with Gasteiger partial charge in [0.15, 0.2) is 5.65 Å². The summed E-state index contributed by atoms with van der Waals surface area (Å²) in [6.45, 7) is 13.4. The second-order valence-electron chi connectivity index (χ2n) is 12.2. The largest absolute Gasteiger partial charge is 0.464 e. The van der Waals surface area contributed by atoms with Gasteiger partial charge in [-0.05, 0) is 53.5 Å². The molecule has 2 rings (SSSR count). The van der Waals surface area contributed by atoms with E-state index in [2.05, 4.69) is 34.0 Å². The van der Waals surface area contributed by atoms with Crippen molar-refractivity contribution in [3.63, 3.8) is 0 Å². The lowest BCUT2D eigenvalue weighted by atomic mass is 10.1. The topological polar surface area (TPSA) is 160 Å². The van der Waals surface area contributed by atoms with Crippen LogP contribution in [0.3, 0.4) is 0 Å². The first-order valence-corrected chi connectivity index (χ1v) is 17.3. The van der Waals surface area contributed by atoms with E-state index in [1.54, 1.807) is 46.3 Å². The number of carbonyl (C=O) groups is 2. The van der Waals surface area contributed by atoms with Crippen LogP contribution in [0.2, 0.25) is 0 Å². The number of nitrogens with one attached hydrogen (secondary N) is 2. The third-order valence-electron chi connectivity index (χ3n) is 6.93. The number of hydrogen-bond donors (Lipinski definition) is 3. The maximum atomic E-state index is 14.4. The Kier molecular flexibility index (Phi) is 14.6. The zero-order valence-electron chi connectivity index (χ0n) is 27.1. The van der Waals surface area contributed by atoms with Crippen LogP contribution >= 0.6 is 7.44 Å². The summed E-state index contributed by atoms with van der Waals surface area (Å²) in [4.78, 5) is 34.7.